The van der Waals surface area contributed by atoms with Crippen molar-refractivity contribution in [3.63, 3.8) is 0 Å². The Balaban J connectivity index is 1.59. The molecule has 24 heavy (non-hydrogen) atoms. The number of aryl methyl sites for hydroxylation is 1. The van der Waals surface area contributed by atoms with Gasteiger partial charge >= 0.3 is 6.01 Å². The van der Waals surface area contributed by atoms with E-state index in [2.05, 4.69) is 15.5 Å². The molecule has 3 rings (SSSR count). The van der Waals surface area contributed by atoms with E-state index >= 15 is 0 Å². The molecular weight excluding hydrogens is 330 g/mol. The smallest absolute Gasteiger partial charge is 0.322 e. The number of amides is 1. The third-order valence-electron chi connectivity index (χ3n) is 3.15. The van der Waals surface area contributed by atoms with Crippen LogP contribution in [0.3, 0.4) is 0 Å². The van der Waals surface area contributed by atoms with E-state index in [0.29, 0.717) is 16.3 Å². The summed E-state index contributed by atoms with van der Waals surface area (Å²) in [6.07, 6.45) is 0. The second-order valence-corrected chi connectivity index (χ2v) is 5.50. The Kier molecular flexibility index (Phi) is 4.77. The van der Waals surface area contributed by atoms with Crippen molar-refractivity contribution >= 4 is 23.5 Å². The largest absolute Gasteiger partial charge is 0.484 e. The first-order valence-corrected chi connectivity index (χ1v) is 7.57. The summed E-state index contributed by atoms with van der Waals surface area (Å²) >= 11 is 5.79. The first kappa shape index (κ1) is 16.0. The Morgan fingerprint density at radius 2 is 2.00 bits per heavy atom. The van der Waals surface area contributed by atoms with Crippen LogP contribution in [0, 0.1) is 6.92 Å². The Morgan fingerprint density at radius 1 is 1.21 bits per heavy atom. The highest BCUT2D eigenvalue weighted by atomic mass is 35.5. The lowest BCUT2D eigenvalue weighted by Gasteiger charge is -2.03. The Labute approximate surface area is 143 Å². The maximum absolute atomic E-state index is 12.0. The van der Waals surface area contributed by atoms with Crippen LogP contribution >= 0.6 is 11.6 Å². The van der Waals surface area contributed by atoms with Crippen molar-refractivity contribution < 1.29 is 13.9 Å². The molecule has 1 N–H and O–H groups in total. The molecule has 0 atom stereocenters. The van der Waals surface area contributed by atoms with Crippen LogP contribution in [0.1, 0.15) is 21.8 Å². The number of anilines is 1. The number of hydrogen-bond acceptors (Lipinski definition) is 5. The van der Waals surface area contributed by atoms with Crippen molar-refractivity contribution in [2.75, 3.05) is 5.32 Å². The number of halogens is 1. The highest BCUT2D eigenvalue weighted by Gasteiger charge is 2.12. The van der Waals surface area contributed by atoms with Gasteiger partial charge in [0.15, 0.2) is 6.61 Å². The second kappa shape index (κ2) is 7.14. The van der Waals surface area contributed by atoms with E-state index in [9.17, 15) is 4.79 Å². The summed E-state index contributed by atoms with van der Waals surface area (Å²) in [5.41, 5.74) is 1.53. The molecule has 6 nitrogen and oxygen atoms in total. The first-order valence-electron chi connectivity index (χ1n) is 7.19. The lowest BCUT2D eigenvalue weighted by atomic mass is 10.2. The molecule has 1 aromatic heterocycles. The zero-order valence-electron chi connectivity index (χ0n) is 12.8. The van der Waals surface area contributed by atoms with Crippen LogP contribution in [0.2, 0.25) is 5.02 Å². The molecule has 0 saturated carbocycles. The Morgan fingerprint density at radius 3 is 2.75 bits per heavy atom. The second-order valence-electron chi connectivity index (χ2n) is 5.07. The van der Waals surface area contributed by atoms with Crippen LogP contribution in [-0.2, 0) is 6.61 Å². The van der Waals surface area contributed by atoms with Gasteiger partial charge in [0, 0.05) is 10.6 Å². The van der Waals surface area contributed by atoms with E-state index in [1.807, 2.05) is 31.2 Å². The summed E-state index contributed by atoms with van der Waals surface area (Å²) in [5, 5.41) is 10.7. The standard InChI is InChI=1S/C17H14ClN3O3/c1-11-3-2-4-14(9-11)23-10-15-20-21-17(24-15)19-16(22)12-5-7-13(18)8-6-12/h2-9H,10H2,1H3,(H,19,21,22). The summed E-state index contributed by atoms with van der Waals surface area (Å²) in [6.45, 7) is 2.09. The van der Waals surface area contributed by atoms with Gasteiger partial charge in [-0.3, -0.25) is 10.1 Å². The van der Waals surface area contributed by atoms with Gasteiger partial charge in [-0.1, -0.05) is 28.8 Å². The summed E-state index contributed by atoms with van der Waals surface area (Å²) in [7, 11) is 0. The van der Waals surface area contributed by atoms with Crippen LogP contribution in [0.15, 0.2) is 52.9 Å². The molecule has 1 heterocycles. The molecule has 3 aromatic rings. The SMILES string of the molecule is Cc1cccc(OCc2nnc(NC(=O)c3ccc(Cl)cc3)o2)c1. The maximum Gasteiger partial charge on any atom is 0.322 e. The molecular formula is C17H14ClN3O3. The lowest BCUT2D eigenvalue weighted by molar-refractivity contribution is 0.102. The van der Waals surface area contributed by atoms with Crippen molar-refractivity contribution in [3.05, 3.63) is 70.6 Å². The lowest BCUT2D eigenvalue weighted by Crippen LogP contribution is -2.11. The average molecular weight is 344 g/mol. The van der Waals surface area contributed by atoms with E-state index in [0.717, 1.165) is 5.56 Å². The number of carbonyl (C=O) groups is 1. The van der Waals surface area contributed by atoms with Gasteiger partial charge in [-0.15, -0.1) is 5.10 Å². The van der Waals surface area contributed by atoms with Crippen molar-refractivity contribution in [3.8, 4) is 5.75 Å². The molecule has 2 aromatic carbocycles. The Hall–Kier alpha value is -2.86. The monoisotopic (exact) mass is 343 g/mol. The quantitative estimate of drug-likeness (QED) is 0.761. The number of benzene rings is 2. The van der Waals surface area contributed by atoms with E-state index < -0.39 is 0 Å². The van der Waals surface area contributed by atoms with Crippen LogP contribution in [0.4, 0.5) is 6.01 Å². The van der Waals surface area contributed by atoms with Gasteiger partial charge in [-0.25, -0.2) is 0 Å². The Bertz CT molecular complexity index is 846. The fourth-order valence-corrected chi connectivity index (χ4v) is 2.11. The zero-order chi connectivity index (χ0) is 16.9. The van der Waals surface area contributed by atoms with Crippen LogP contribution in [-0.4, -0.2) is 16.1 Å². The molecule has 1 amide bonds. The van der Waals surface area contributed by atoms with E-state index in [-0.39, 0.29) is 24.4 Å². The number of nitrogens with zero attached hydrogens (tertiary/aromatic N) is 2. The van der Waals surface area contributed by atoms with Gasteiger partial charge < -0.3 is 9.15 Å². The van der Waals surface area contributed by atoms with Crippen LogP contribution in [0.5, 0.6) is 5.75 Å². The van der Waals surface area contributed by atoms with Crippen LogP contribution in [0.25, 0.3) is 0 Å². The van der Waals surface area contributed by atoms with Crippen molar-refractivity contribution in [1.29, 1.82) is 0 Å². The van der Waals surface area contributed by atoms with Gasteiger partial charge in [-0.05, 0) is 48.9 Å². The summed E-state index contributed by atoms with van der Waals surface area (Å²) in [5.74, 6) is 0.615. The minimum absolute atomic E-state index is 0.0118. The minimum atomic E-state index is -0.360. The molecule has 0 aliphatic heterocycles. The molecule has 7 heteroatoms. The third-order valence-corrected chi connectivity index (χ3v) is 3.40. The molecule has 122 valence electrons. The molecule has 0 fully saturated rings. The molecule has 0 saturated heterocycles. The average Bonchev–Trinajstić information content (AvgIpc) is 3.01. The summed E-state index contributed by atoms with van der Waals surface area (Å²) < 4.78 is 10.9. The topological polar surface area (TPSA) is 77.3 Å². The number of ether oxygens (including phenoxy) is 1. The predicted molar refractivity (Wildman–Crippen MR) is 89.2 cm³/mol. The number of rotatable bonds is 5. The first-order chi connectivity index (χ1) is 11.6. The normalized spacial score (nSPS) is 10.4. The van der Waals surface area contributed by atoms with E-state index in [1.165, 1.54) is 0 Å². The van der Waals surface area contributed by atoms with Gasteiger partial charge in [0.2, 0.25) is 0 Å². The number of carbonyl (C=O) groups excluding carboxylic acids is 1. The van der Waals surface area contributed by atoms with Crippen LogP contribution < -0.4 is 10.1 Å². The minimum Gasteiger partial charge on any atom is -0.484 e. The highest BCUT2D eigenvalue weighted by Crippen LogP contribution is 2.16. The van der Waals surface area contributed by atoms with E-state index in [1.54, 1.807) is 24.3 Å². The molecule has 0 radical (unpaired) electrons. The predicted octanol–water partition coefficient (Wildman–Crippen LogP) is 3.86. The van der Waals surface area contributed by atoms with Gasteiger partial charge in [0.05, 0.1) is 0 Å². The molecule has 0 bridgehead atoms. The van der Waals surface area contributed by atoms with Gasteiger partial charge in [-0.2, -0.15) is 0 Å². The summed E-state index contributed by atoms with van der Waals surface area (Å²) in [6, 6.07) is 14.1. The fourth-order valence-electron chi connectivity index (χ4n) is 1.98. The van der Waals surface area contributed by atoms with Crippen molar-refractivity contribution in [2.24, 2.45) is 0 Å². The number of aromatic nitrogens is 2. The van der Waals surface area contributed by atoms with Gasteiger partial charge in [0.25, 0.3) is 11.8 Å². The number of nitrogens with one attached hydrogen (secondary N) is 1. The highest BCUT2D eigenvalue weighted by molar-refractivity contribution is 6.30. The fraction of sp³-hybridized carbons (Fsp3) is 0.118. The van der Waals surface area contributed by atoms with Crippen molar-refractivity contribution in [2.45, 2.75) is 13.5 Å². The molecule has 0 aliphatic rings. The number of hydrogen-bond donors (Lipinski definition) is 1. The van der Waals surface area contributed by atoms with Gasteiger partial charge in [0.1, 0.15) is 5.75 Å². The molecule has 0 aliphatic carbocycles. The maximum atomic E-state index is 12.0. The van der Waals surface area contributed by atoms with Crippen molar-refractivity contribution in [1.82, 2.24) is 10.2 Å². The third kappa shape index (κ3) is 4.11. The molecule has 0 unspecified atom stereocenters. The molecule has 0 spiro atoms. The zero-order valence-corrected chi connectivity index (χ0v) is 13.6. The van der Waals surface area contributed by atoms with E-state index in [4.69, 9.17) is 20.8 Å². The summed E-state index contributed by atoms with van der Waals surface area (Å²) in [4.78, 5) is 12.0.